The van der Waals surface area contributed by atoms with Crippen LogP contribution in [0.25, 0.3) is 99.1 Å². The van der Waals surface area contributed by atoms with E-state index in [1.54, 1.807) is 0 Å². The van der Waals surface area contributed by atoms with E-state index in [-0.39, 0.29) is 0 Å². The second-order valence-corrected chi connectivity index (χ2v) is 14.2. The minimum Gasteiger partial charge on any atom is -0.309 e. The molecule has 0 aliphatic carbocycles. The average molecular weight is 687 g/mol. The number of hydrogen-bond donors (Lipinski definition) is 0. The van der Waals surface area contributed by atoms with Crippen molar-refractivity contribution in [3.63, 3.8) is 0 Å². The van der Waals surface area contributed by atoms with Gasteiger partial charge in [0.15, 0.2) is 0 Å². The zero-order valence-electron chi connectivity index (χ0n) is 29.5. The molecule has 0 N–H and O–H groups in total. The van der Waals surface area contributed by atoms with E-state index in [9.17, 15) is 0 Å². The van der Waals surface area contributed by atoms with Crippen LogP contribution in [0, 0.1) is 0 Å². The Labute approximate surface area is 313 Å². The van der Waals surface area contributed by atoms with Crippen LogP contribution in [0.2, 0.25) is 0 Å². The van der Waals surface area contributed by atoms with Gasteiger partial charge in [-0.2, -0.15) is 0 Å². The summed E-state index contributed by atoms with van der Waals surface area (Å²) in [6, 6.07) is 75.3. The van der Waals surface area contributed by atoms with Crippen LogP contribution in [-0.4, -0.2) is 9.13 Å². The van der Waals surface area contributed by atoms with Gasteiger partial charge in [0, 0.05) is 32.9 Å². The summed E-state index contributed by atoms with van der Waals surface area (Å²) >= 11 is 0. The summed E-state index contributed by atoms with van der Waals surface area (Å²) in [4.78, 5) is 0. The molecule has 0 radical (unpaired) electrons. The molecule has 2 nitrogen and oxygen atoms in total. The van der Waals surface area contributed by atoms with Crippen molar-refractivity contribution >= 4 is 54.4 Å². The first kappa shape index (κ1) is 30.5. The minimum absolute atomic E-state index is 1.15. The highest BCUT2D eigenvalue weighted by atomic mass is 15.0. The van der Waals surface area contributed by atoms with Crippen LogP contribution in [0.5, 0.6) is 0 Å². The monoisotopic (exact) mass is 686 g/mol. The van der Waals surface area contributed by atoms with E-state index in [1.807, 2.05) is 0 Å². The van der Waals surface area contributed by atoms with Gasteiger partial charge >= 0.3 is 0 Å². The fraction of sp³-hybridized carbons (Fsp3) is 0. The molecule has 0 unspecified atom stereocenters. The number of nitrogens with zero attached hydrogens (tertiary/aromatic N) is 2. The van der Waals surface area contributed by atoms with E-state index < -0.39 is 0 Å². The number of hydrogen-bond acceptors (Lipinski definition) is 0. The van der Waals surface area contributed by atoms with Gasteiger partial charge in [0.1, 0.15) is 0 Å². The molecule has 0 aliphatic rings. The maximum atomic E-state index is 2.42. The van der Waals surface area contributed by atoms with Crippen molar-refractivity contribution in [2.45, 2.75) is 0 Å². The van der Waals surface area contributed by atoms with Gasteiger partial charge in [-0.15, -0.1) is 0 Å². The van der Waals surface area contributed by atoms with Crippen molar-refractivity contribution in [1.82, 2.24) is 9.13 Å². The Kier molecular flexibility index (Phi) is 6.90. The Morgan fingerprint density at radius 2 is 0.630 bits per heavy atom. The predicted octanol–water partition coefficient (Wildman–Crippen LogP) is 14.0. The Morgan fingerprint density at radius 3 is 1.22 bits per heavy atom. The first-order chi connectivity index (χ1) is 26.8. The first-order valence-corrected chi connectivity index (χ1v) is 18.6. The number of benzene rings is 9. The van der Waals surface area contributed by atoms with Gasteiger partial charge in [-0.05, 0) is 111 Å². The van der Waals surface area contributed by atoms with Crippen molar-refractivity contribution in [3.05, 3.63) is 206 Å². The summed E-state index contributed by atoms with van der Waals surface area (Å²) < 4.78 is 4.81. The van der Waals surface area contributed by atoms with Gasteiger partial charge in [-0.3, -0.25) is 0 Å². The smallest absolute Gasteiger partial charge is 0.0541 e. The van der Waals surface area contributed by atoms with E-state index in [0.717, 1.165) is 11.4 Å². The second kappa shape index (κ2) is 12.2. The van der Waals surface area contributed by atoms with Gasteiger partial charge in [-0.1, -0.05) is 140 Å². The third kappa shape index (κ3) is 4.88. The third-order valence-corrected chi connectivity index (χ3v) is 11.1. The fourth-order valence-corrected chi connectivity index (χ4v) is 8.53. The van der Waals surface area contributed by atoms with Crippen LogP contribution in [0.15, 0.2) is 206 Å². The van der Waals surface area contributed by atoms with Crippen LogP contribution < -0.4 is 0 Å². The number of para-hydroxylation sites is 3. The van der Waals surface area contributed by atoms with Crippen LogP contribution in [0.1, 0.15) is 0 Å². The molecule has 0 atom stereocenters. The standard InChI is InChI=1S/C52H34N2/c1-2-13-36-30-41(27-26-35(36)12-1)37-14-9-15-38(31-37)42-28-29-52-48(34-42)47-22-5-8-25-51(47)54(52)44-19-11-17-40(33-44)39-16-10-18-43(32-39)53-49-23-6-3-20-45(49)46-21-4-7-24-50(46)53/h1-34H. The van der Waals surface area contributed by atoms with Crippen molar-refractivity contribution in [2.75, 3.05) is 0 Å². The Balaban J connectivity index is 1.01. The van der Waals surface area contributed by atoms with Crippen molar-refractivity contribution in [2.24, 2.45) is 0 Å². The highest BCUT2D eigenvalue weighted by Gasteiger charge is 2.16. The molecular weight excluding hydrogens is 653 g/mol. The molecule has 0 fully saturated rings. The van der Waals surface area contributed by atoms with Crippen LogP contribution in [0.4, 0.5) is 0 Å². The van der Waals surface area contributed by atoms with Crippen molar-refractivity contribution in [3.8, 4) is 44.8 Å². The zero-order valence-corrected chi connectivity index (χ0v) is 29.5. The normalized spacial score (nSPS) is 11.7. The summed E-state index contributed by atoms with van der Waals surface area (Å²) in [5, 5.41) is 7.56. The molecule has 9 aromatic carbocycles. The van der Waals surface area contributed by atoms with E-state index in [2.05, 4.69) is 215 Å². The molecule has 0 spiro atoms. The predicted molar refractivity (Wildman–Crippen MR) is 229 cm³/mol. The zero-order chi connectivity index (χ0) is 35.6. The van der Waals surface area contributed by atoms with Crippen LogP contribution in [-0.2, 0) is 0 Å². The van der Waals surface area contributed by atoms with Gasteiger partial charge in [0.05, 0.1) is 22.1 Å². The van der Waals surface area contributed by atoms with E-state index in [0.29, 0.717) is 0 Å². The Bertz CT molecular complexity index is 3180. The highest BCUT2D eigenvalue weighted by Crippen LogP contribution is 2.38. The van der Waals surface area contributed by atoms with E-state index >= 15 is 0 Å². The van der Waals surface area contributed by atoms with Crippen LogP contribution in [0.3, 0.4) is 0 Å². The molecule has 0 bridgehead atoms. The topological polar surface area (TPSA) is 9.86 Å². The Morgan fingerprint density at radius 1 is 0.222 bits per heavy atom. The molecule has 11 rings (SSSR count). The maximum Gasteiger partial charge on any atom is 0.0541 e. The summed E-state index contributed by atoms with van der Waals surface area (Å²) in [7, 11) is 0. The van der Waals surface area contributed by atoms with Gasteiger partial charge < -0.3 is 9.13 Å². The lowest BCUT2D eigenvalue weighted by molar-refractivity contribution is 1.17. The lowest BCUT2D eigenvalue weighted by Gasteiger charge is -2.13. The molecule has 54 heavy (non-hydrogen) atoms. The third-order valence-electron chi connectivity index (χ3n) is 11.1. The SMILES string of the molecule is c1cc(-c2ccc3ccccc3c2)cc(-c2ccc3c(c2)c2ccccc2n3-c2cccc(-c3cccc(-n4c5ccccc5c5ccccc54)c3)c2)c1. The van der Waals surface area contributed by atoms with Gasteiger partial charge in [0.2, 0.25) is 0 Å². The molecule has 2 aromatic heterocycles. The highest BCUT2D eigenvalue weighted by molar-refractivity contribution is 6.11. The largest absolute Gasteiger partial charge is 0.309 e. The molecule has 252 valence electrons. The molecule has 11 aromatic rings. The quantitative estimate of drug-likeness (QED) is 0.171. The van der Waals surface area contributed by atoms with Crippen molar-refractivity contribution < 1.29 is 0 Å². The lowest BCUT2D eigenvalue weighted by Crippen LogP contribution is -1.96. The molecular formula is C52H34N2. The molecule has 0 aliphatic heterocycles. The van der Waals surface area contributed by atoms with E-state index in [1.165, 1.54) is 87.8 Å². The Hall–Kier alpha value is -7.16. The van der Waals surface area contributed by atoms with Gasteiger partial charge in [0.25, 0.3) is 0 Å². The molecule has 0 amide bonds. The number of fused-ring (bicyclic) bond motifs is 7. The molecule has 2 heterocycles. The summed E-state index contributed by atoms with van der Waals surface area (Å²) in [6.45, 7) is 0. The van der Waals surface area contributed by atoms with Crippen molar-refractivity contribution in [1.29, 1.82) is 0 Å². The van der Waals surface area contributed by atoms with Crippen LogP contribution >= 0.6 is 0 Å². The summed E-state index contributed by atoms with van der Waals surface area (Å²) in [6.07, 6.45) is 0. The average Bonchev–Trinajstić information content (AvgIpc) is 3.76. The minimum atomic E-state index is 1.15. The molecule has 2 heteroatoms. The van der Waals surface area contributed by atoms with Gasteiger partial charge in [-0.25, -0.2) is 0 Å². The summed E-state index contributed by atoms with van der Waals surface area (Å²) in [5.74, 6) is 0. The maximum absolute atomic E-state index is 2.42. The molecule has 0 saturated carbocycles. The fourth-order valence-electron chi connectivity index (χ4n) is 8.53. The lowest BCUT2D eigenvalue weighted by atomic mass is 9.96. The number of rotatable bonds is 5. The first-order valence-electron chi connectivity index (χ1n) is 18.6. The summed E-state index contributed by atoms with van der Waals surface area (Å²) in [5.41, 5.74) is 14.4. The van der Waals surface area contributed by atoms with E-state index in [4.69, 9.17) is 0 Å². The molecule has 0 saturated heterocycles. The number of aromatic nitrogens is 2. The second-order valence-electron chi connectivity index (χ2n) is 14.2.